The van der Waals surface area contributed by atoms with Crippen molar-refractivity contribution in [2.45, 2.75) is 31.4 Å². The summed E-state index contributed by atoms with van der Waals surface area (Å²) in [5.74, 6) is 0. The van der Waals surface area contributed by atoms with Crippen molar-refractivity contribution < 1.29 is 5.11 Å². The number of piperidine rings is 1. The molecule has 0 amide bonds. The number of nitrogens with one attached hydrogen (secondary N) is 1. The predicted molar refractivity (Wildman–Crippen MR) is 62.6 cm³/mol. The Morgan fingerprint density at radius 3 is 2.93 bits per heavy atom. The molecular weight excluding hydrogens is 262 g/mol. The zero-order valence-corrected chi connectivity index (χ0v) is 10.5. The van der Waals surface area contributed by atoms with Crippen molar-refractivity contribution in [1.82, 2.24) is 5.32 Å². The van der Waals surface area contributed by atoms with Crippen molar-refractivity contribution in [2.75, 3.05) is 6.54 Å². The Morgan fingerprint density at radius 2 is 2.43 bits per heavy atom. The van der Waals surface area contributed by atoms with Crippen molar-refractivity contribution in [3.63, 3.8) is 0 Å². The molecule has 78 valence electrons. The van der Waals surface area contributed by atoms with E-state index in [1.165, 1.54) is 0 Å². The smallest absolute Gasteiger partial charge is 0.104 e. The van der Waals surface area contributed by atoms with Crippen molar-refractivity contribution >= 4 is 27.3 Å². The van der Waals surface area contributed by atoms with E-state index in [4.69, 9.17) is 0 Å². The lowest BCUT2D eigenvalue weighted by molar-refractivity contribution is 0.00346. The van der Waals surface area contributed by atoms with Gasteiger partial charge in [-0.05, 0) is 41.1 Å². The number of aliphatic hydroxyl groups is 1. The first kappa shape index (κ1) is 10.6. The average Bonchev–Trinajstić information content (AvgIpc) is 2.58. The molecule has 1 saturated heterocycles. The van der Waals surface area contributed by atoms with Gasteiger partial charge in [0.2, 0.25) is 0 Å². The van der Waals surface area contributed by atoms with Crippen LogP contribution in [-0.4, -0.2) is 17.7 Å². The van der Waals surface area contributed by atoms with Crippen LogP contribution in [0.2, 0.25) is 0 Å². The predicted octanol–water partition coefficient (Wildman–Crippen LogP) is 2.47. The molecule has 2 nitrogen and oxygen atoms in total. The van der Waals surface area contributed by atoms with Crippen LogP contribution in [0.3, 0.4) is 0 Å². The topological polar surface area (TPSA) is 32.3 Å². The molecule has 1 aromatic heterocycles. The van der Waals surface area contributed by atoms with Crippen LogP contribution in [0, 0.1) is 0 Å². The summed E-state index contributed by atoms with van der Waals surface area (Å²) in [6, 6.07) is 0.521. The molecule has 2 atom stereocenters. The third-order valence-corrected chi connectivity index (χ3v) is 4.55. The van der Waals surface area contributed by atoms with E-state index in [9.17, 15) is 5.11 Å². The van der Waals surface area contributed by atoms with Crippen LogP contribution in [-0.2, 0) is 5.60 Å². The lowest BCUT2D eigenvalue weighted by Gasteiger charge is -2.35. The summed E-state index contributed by atoms with van der Waals surface area (Å²) < 4.78 is 1.03. The molecule has 2 N–H and O–H groups in total. The molecule has 0 saturated carbocycles. The Labute approximate surface area is 96.5 Å². The molecule has 1 fully saturated rings. The van der Waals surface area contributed by atoms with Gasteiger partial charge in [0.05, 0.1) is 0 Å². The van der Waals surface area contributed by atoms with E-state index >= 15 is 0 Å². The number of rotatable bonds is 1. The molecular formula is C10H14BrNOS. The van der Waals surface area contributed by atoms with Crippen LogP contribution < -0.4 is 5.32 Å². The fraction of sp³-hybridized carbons (Fsp3) is 0.600. The first-order valence-electron chi connectivity index (χ1n) is 4.80. The van der Waals surface area contributed by atoms with Gasteiger partial charge >= 0.3 is 0 Å². The van der Waals surface area contributed by atoms with Crippen molar-refractivity contribution in [2.24, 2.45) is 0 Å². The maximum atomic E-state index is 10.4. The van der Waals surface area contributed by atoms with Gasteiger partial charge in [-0.15, -0.1) is 0 Å². The molecule has 1 aliphatic heterocycles. The van der Waals surface area contributed by atoms with Crippen molar-refractivity contribution in [1.29, 1.82) is 0 Å². The molecule has 0 bridgehead atoms. The van der Waals surface area contributed by atoms with Crippen LogP contribution in [0.25, 0.3) is 0 Å². The summed E-state index contributed by atoms with van der Waals surface area (Å²) in [6.45, 7) is 2.81. The van der Waals surface area contributed by atoms with Crippen molar-refractivity contribution in [3.05, 3.63) is 20.8 Å². The Balaban J connectivity index is 2.21. The van der Waals surface area contributed by atoms with Gasteiger partial charge in [-0.3, -0.25) is 0 Å². The highest BCUT2D eigenvalue weighted by molar-refractivity contribution is 9.10. The molecule has 0 radical (unpaired) electrons. The van der Waals surface area contributed by atoms with Crippen molar-refractivity contribution in [3.8, 4) is 0 Å². The molecule has 1 aromatic rings. The minimum absolute atomic E-state index is 0.521. The zero-order valence-electron chi connectivity index (χ0n) is 8.09. The monoisotopic (exact) mass is 275 g/mol. The third-order valence-electron chi connectivity index (χ3n) is 2.85. The Morgan fingerprint density at radius 1 is 1.64 bits per heavy atom. The molecule has 0 aliphatic carbocycles. The Hall–Kier alpha value is 0.1000. The van der Waals surface area contributed by atoms with E-state index in [1.54, 1.807) is 11.3 Å². The van der Waals surface area contributed by atoms with E-state index in [-0.39, 0.29) is 0 Å². The molecule has 2 unspecified atom stereocenters. The minimum atomic E-state index is -0.675. The van der Waals surface area contributed by atoms with Crippen LogP contribution in [0.5, 0.6) is 0 Å². The Bertz CT molecular complexity index is 318. The SMILES string of the molecule is CC1CCC(O)(c2cscc2Br)CN1. The van der Waals surface area contributed by atoms with E-state index < -0.39 is 5.60 Å². The molecule has 4 heteroatoms. The number of thiophene rings is 1. The maximum absolute atomic E-state index is 10.4. The number of hydrogen-bond donors (Lipinski definition) is 2. The largest absolute Gasteiger partial charge is 0.384 e. The highest BCUT2D eigenvalue weighted by Crippen LogP contribution is 2.36. The highest BCUT2D eigenvalue weighted by Gasteiger charge is 2.35. The fourth-order valence-electron chi connectivity index (χ4n) is 1.83. The second kappa shape index (κ2) is 3.93. The zero-order chi connectivity index (χ0) is 10.2. The second-order valence-corrected chi connectivity index (χ2v) is 5.58. The second-order valence-electron chi connectivity index (χ2n) is 3.99. The van der Waals surface area contributed by atoms with E-state index in [1.807, 2.05) is 10.8 Å². The normalized spacial score (nSPS) is 33.2. The first-order chi connectivity index (χ1) is 6.62. The van der Waals surface area contributed by atoms with E-state index in [2.05, 4.69) is 28.2 Å². The Kier molecular flexibility index (Phi) is 2.98. The van der Waals surface area contributed by atoms with Crippen LogP contribution in [0.4, 0.5) is 0 Å². The van der Waals surface area contributed by atoms with Crippen LogP contribution in [0.15, 0.2) is 15.2 Å². The summed E-state index contributed by atoms with van der Waals surface area (Å²) in [4.78, 5) is 0. The molecule has 0 aromatic carbocycles. The molecule has 2 rings (SSSR count). The van der Waals surface area contributed by atoms with Gasteiger partial charge in [0.1, 0.15) is 5.60 Å². The third kappa shape index (κ3) is 1.89. The van der Waals surface area contributed by atoms with Crippen LogP contribution >= 0.6 is 27.3 Å². The maximum Gasteiger partial charge on any atom is 0.104 e. The number of β-amino-alcohol motifs (C(OH)–C–C–N with tert-alkyl or cyclic N) is 1. The van der Waals surface area contributed by atoms with E-state index in [0.717, 1.165) is 22.9 Å². The molecule has 2 heterocycles. The summed E-state index contributed by atoms with van der Waals surface area (Å²) in [6.07, 6.45) is 1.87. The lowest BCUT2D eigenvalue weighted by atomic mass is 9.86. The number of halogens is 1. The van der Waals surface area contributed by atoms with Crippen LogP contribution in [0.1, 0.15) is 25.3 Å². The summed E-state index contributed by atoms with van der Waals surface area (Å²) in [7, 11) is 0. The molecule has 1 aliphatic rings. The van der Waals surface area contributed by atoms with Gasteiger partial charge in [-0.25, -0.2) is 0 Å². The van der Waals surface area contributed by atoms with Gasteiger partial charge in [-0.1, -0.05) is 0 Å². The fourth-order valence-corrected chi connectivity index (χ4v) is 3.59. The van der Waals surface area contributed by atoms with Gasteiger partial charge in [0, 0.05) is 28.0 Å². The highest BCUT2D eigenvalue weighted by atomic mass is 79.9. The summed E-state index contributed by atoms with van der Waals surface area (Å²) in [5.41, 5.74) is 0.354. The quantitative estimate of drug-likeness (QED) is 0.826. The van der Waals surface area contributed by atoms with Gasteiger partial charge in [0.15, 0.2) is 0 Å². The average molecular weight is 276 g/mol. The molecule has 0 spiro atoms. The number of hydrogen-bond acceptors (Lipinski definition) is 3. The standard InChI is InChI=1S/C10H14BrNOS/c1-7-2-3-10(13,6-12-7)8-4-14-5-9(8)11/h4-5,7,12-13H,2-3,6H2,1H3. The minimum Gasteiger partial charge on any atom is -0.384 e. The van der Waals surface area contributed by atoms with Gasteiger partial charge in [0.25, 0.3) is 0 Å². The lowest BCUT2D eigenvalue weighted by Crippen LogP contribution is -2.47. The van der Waals surface area contributed by atoms with Gasteiger partial charge in [-0.2, -0.15) is 11.3 Å². The molecule has 14 heavy (non-hydrogen) atoms. The summed E-state index contributed by atoms with van der Waals surface area (Å²) in [5, 5.41) is 17.8. The first-order valence-corrected chi connectivity index (χ1v) is 6.53. The van der Waals surface area contributed by atoms with E-state index in [0.29, 0.717) is 12.6 Å². The summed E-state index contributed by atoms with van der Waals surface area (Å²) >= 11 is 5.10. The van der Waals surface area contributed by atoms with Gasteiger partial charge < -0.3 is 10.4 Å².